The lowest BCUT2D eigenvalue weighted by Gasteiger charge is -2.18. The minimum absolute atomic E-state index is 0.403. The first-order chi connectivity index (χ1) is 10.3. The van der Waals surface area contributed by atoms with Crippen molar-refractivity contribution in [1.29, 1.82) is 0 Å². The van der Waals surface area contributed by atoms with Crippen molar-refractivity contribution in [1.82, 2.24) is 5.32 Å². The highest BCUT2D eigenvalue weighted by Crippen LogP contribution is 2.48. The molecule has 2 rings (SSSR count). The van der Waals surface area contributed by atoms with Crippen LogP contribution in [0.25, 0.3) is 0 Å². The summed E-state index contributed by atoms with van der Waals surface area (Å²) in [7, 11) is 0. The van der Waals surface area contributed by atoms with Crippen LogP contribution in [0.1, 0.15) is 45.4 Å². The number of nitrogens with one attached hydrogen (secondary N) is 1. The summed E-state index contributed by atoms with van der Waals surface area (Å²) in [6.07, 6.45) is 7.56. The first-order valence-corrected chi connectivity index (χ1v) is 8.85. The number of aliphatic hydroxyl groups is 1. The molecule has 21 heavy (non-hydrogen) atoms. The van der Waals surface area contributed by atoms with E-state index in [-0.39, 0.29) is 0 Å². The number of unbranched alkanes of at least 4 members (excludes halogenated alkanes) is 1. The zero-order valence-electron chi connectivity index (χ0n) is 13.6. The van der Waals surface area contributed by atoms with E-state index in [4.69, 9.17) is 9.47 Å². The van der Waals surface area contributed by atoms with Gasteiger partial charge in [0.05, 0.1) is 25.9 Å². The molecule has 0 radical (unpaired) electrons. The Kier molecular flexibility index (Phi) is 8.01. The molecule has 0 heterocycles. The van der Waals surface area contributed by atoms with E-state index in [1.807, 2.05) is 0 Å². The summed E-state index contributed by atoms with van der Waals surface area (Å²) in [5, 5.41) is 13.3. The third kappa shape index (κ3) is 7.59. The summed E-state index contributed by atoms with van der Waals surface area (Å²) in [6.45, 7) is 6.30. The second-order valence-corrected chi connectivity index (χ2v) is 6.69. The van der Waals surface area contributed by atoms with E-state index in [0.29, 0.717) is 26.4 Å². The van der Waals surface area contributed by atoms with Crippen LogP contribution in [0.2, 0.25) is 0 Å². The molecular weight excluding hydrogens is 266 g/mol. The SMILES string of the molecule is CCCCOCCOCC(O)CNCC(C1CC1)C1CC1. The molecule has 1 unspecified atom stereocenters. The molecule has 124 valence electrons. The van der Waals surface area contributed by atoms with Gasteiger partial charge in [0.1, 0.15) is 0 Å². The fourth-order valence-corrected chi connectivity index (χ4v) is 2.93. The Labute approximate surface area is 129 Å². The molecule has 0 amide bonds. The third-order valence-corrected chi connectivity index (χ3v) is 4.54. The van der Waals surface area contributed by atoms with E-state index in [0.717, 1.165) is 43.7 Å². The number of aliphatic hydroxyl groups excluding tert-OH is 1. The number of rotatable bonds is 14. The Hall–Kier alpha value is -0.160. The van der Waals surface area contributed by atoms with Crippen LogP contribution in [0.4, 0.5) is 0 Å². The average molecular weight is 299 g/mol. The summed E-state index contributed by atoms with van der Waals surface area (Å²) in [5.74, 6) is 2.81. The van der Waals surface area contributed by atoms with Crippen molar-refractivity contribution in [2.45, 2.75) is 51.6 Å². The summed E-state index contributed by atoms with van der Waals surface area (Å²) in [6, 6.07) is 0. The van der Waals surface area contributed by atoms with Crippen LogP contribution in [0.15, 0.2) is 0 Å². The van der Waals surface area contributed by atoms with Crippen molar-refractivity contribution >= 4 is 0 Å². The standard InChI is InChI=1S/C17H33NO3/c1-2-3-8-20-9-10-21-13-16(19)11-18-12-17(14-4-5-14)15-6-7-15/h14-19H,2-13H2,1H3. The Balaban J connectivity index is 1.39. The molecular formula is C17H33NO3. The molecule has 1 atom stereocenters. The summed E-state index contributed by atoms with van der Waals surface area (Å²) in [4.78, 5) is 0. The molecule has 0 aromatic rings. The Morgan fingerprint density at radius 3 is 2.29 bits per heavy atom. The number of ether oxygens (including phenoxy) is 2. The van der Waals surface area contributed by atoms with Crippen LogP contribution in [-0.4, -0.2) is 50.7 Å². The van der Waals surface area contributed by atoms with Gasteiger partial charge < -0.3 is 19.9 Å². The van der Waals surface area contributed by atoms with Gasteiger partial charge in [-0.1, -0.05) is 13.3 Å². The lowest BCUT2D eigenvalue weighted by Crippen LogP contribution is -2.34. The van der Waals surface area contributed by atoms with Crippen molar-refractivity contribution in [2.24, 2.45) is 17.8 Å². The second-order valence-electron chi connectivity index (χ2n) is 6.69. The van der Waals surface area contributed by atoms with Crippen LogP contribution < -0.4 is 5.32 Å². The van der Waals surface area contributed by atoms with Crippen LogP contribution >= 0.6 is 0 Å². The zero-order chi connectivity index (χ0) is 14.9. The third-order valence-electron chi connectivity index (χ3n) is 4.54. The first-order valence-electron chi connectivity index (χ1n) is 8.85. The van der Waals surface area contributed by atoms with E-state index < -0.39 is 6.10 Å². The molecule has 0 aromatic carbocycles. The lowest BCUT2D eigenvalue weighted by atomic mass is 9.98. The molecule has 0 aliphatic heterocycles. The smallest absolute Gasteiger partial charge is 0.0897 e. The van der Waals surface area contributed by atoms with Gasteiger partial charge in [0, 0.05) is 13.2 Å². The zero-order valence-corrected chi connectivity index (χ0v) is 13.6. The van der Waals surface area contributed by atoms with Gasteiger partial charge in [0.2, 0.25) is 0 Å². The predicted molar refractivity (Wildman–Crippen MR) is 84.4 cm³/mol. The van der Waals surface area contributed by atoms with Crippen LogP contribution in [0.3, 0.4) is 0 Å². The topological polar surface area (TPSA) is 50.7 Å². The lowest BCUT2D eigenvalue weighted by molar-refractivity contribution is 0.00362. The molecule has 2 aliphatic carbocycles. The van der Waals surface area contributed by atoms with Gasteiger partial charge >= 0.3 is 0 Å². The van der Waals surface area contributed by atoms with Crippen molar-refractivity contribution in [3.63, 3.8) is 0 Å². The number of hydrogen-bond donors (Lipinski definition) is 2. The van der Waals surface area contributed by atoms with E-state index in [1.165, 1.54) is 25.7 Å². The maximum absolute atomic E-state index is 9.88. The normalized spacial score (nSPS) is 20.1. The summed E-state index contributed by atoms with van der Waals surface area (Å²) < 4.78 is 10.9. The van der Waals surface area contributed by atoms with Gasteiger partial charge in [-0.3, -0.25) is 0 Å². The largest absolute Gasteiger partial charge is 0.389 e. The van der Waals surface area contributed by atoms with Gasteiger partial charge in [-0.25, -0.2) is 0 Å². The average Bonchev–Trinajstić information content (AvgIpc) is 3.36. The molecule has 0 aromatic heterocycles. The fourth-order valence-electron chi connectivity index (χ4n) is 2.93. The Morgan fingerprint density at radius 1 is 1.00 bits per heavy atom. The Bertz CT molecular complexity index is 255. The summed E-state index contributed by atoms with van der Waals surface area (Å²) in [5.41, 5.74) is 0. The van der Waals surface area contributed by atoms with Crippen molar-refractivity contribution < 1.29 is 14.6 Å². The molecule has 2 fully saturated rings. The first kappa shape index (κ1) is 17.2. The number of hydrogen-bond acceptors (Lipinski definition) is 4. The molecule has 4 heteroatoms. The van der Waals surface area contributed by atoms with Crippen molar-refractivity contribution in [3.05, 3.63) is 0 Å². The highest BCUT2D eigenvalue weighted by Gasteiger charge is 2.40. The van der Waals surface area contributed by atoms with Gasteiger partial charge in [-0.15, -0.1) is 0 Å². The fraction of sp³-hybridized carbons (Fsp3) is 1.00. The molecule has 0 bridgehead atoms. The van der Waals surface area contributed by atoms with E-state index in [9.17, 15) is 5.11 Å². The predicted octanol–water partition coefficient (Wildman–Crippen LogP) is 2.21. The maximum atomic E-state index is 9.88. The van der Waals surface area contributed by atoms with Crippen molar-refractivity contribution in [3.8, 4) is 0 Å². The molecule has 0 saturated heterocycles. The van der Waals surface area contributed by atoms with E-state index in [2.05, 4.69) is 12.2 Å². The van der Waals surface area contributed by atoms with Crippen molar-refractivity contribution in [2.75, 3.05) is 39.5 Å². The summed E-state index contributed by atoms with van der Waals surface area (Å²) >= 11 is 0. The van der Waals surface area contributed by atoms with Gasteiger partial charge in [-0.05, 0) is 56.4 Å². The maximum Gasteiger partial charge on any atom is 0.0897 e. The quantitative estimate of drug-likeness (QED) is 0.483. The van der Waals surface area contributed by atoms with Crippen LogP contribution in [-0.2, 0) is 9.47 Å². The van der Waals surface area contributed by atoms with Gasteiger partial charge in [0.25, 0.3) is 0 Å². The second kappa shape index (κ2) is 9.78. The highest BCUT2D eigenvalue weighted by molar-refractivity contribution is 4.92. The van der Waals surface area contributed by atoms with Crippen LogP contribution in [0.5, 0.6) is 0 Å². The van der Waals surface area contributed by atoms with Gasteiger partial charge in [0.15, 0.2) is 0 Å². The Morgan fingerprint density at radius 2 is 1.67 bits per heavy atom. The molecule has 4 nitrogen and oxygen atoms in total. The molecule has 0 spiro atoms. The minimum Gasteiger partial charge on any atom is -0.389 e. The highest BCUT2D eigenvalue weighted by atomic mass is 16.5. The molecule has 2 N–H and O–H groups in total. The monoisotopic (exact) mass is 299 g/mol. The van der Waals surface area contributed by atoms with Gasteiger partial charge in [-0.2, -0.15) is 0 Å². The van der Waals surface area contributed by atoms with Crippen LogP contribution in [0, 0.1) is 17.8 Å². The van der Waals surface area contributed by atoms with E-state index >= 15 is 0 Å². The molecule has 2 saturated carbocycles. The minimum atomic E-state index is -0.403. The van der Waals surface area contributed by atoms with E-state index in [1.54, 1.807) is 0 Å². The molecule has 2 aliphatic rings.